The highest BCUT2D eigenvalue weighted by Gasteiger charge is 2.56. The fourth-order valence-electron chi connectivity index (χ4n) is 3.23. The minimum absolute atomic E-state index is 0.197. The van der Waals surface area contributed by atoms with Crippen LogP contribution in [0.3, 0.4) is 0 Å². The van der Waals surface area contributed by atoms with Gasteiger partial charge in [0.05, 0.1) is 6.61 Å². The number of ether oxygens (including phenoxy) is 1. The Hall–Kier alpha value is -2.04. The van der Waals surface area contributed by atoms with E-state index < -0.39 is 5.54 Å². The van der Waals surface area contributed by atoms with Crippen molar-refractivity contribution in [2.24, 2.45) is 10.7 Å². The van der Waals surface area contributed by atoms with E-state index >= 15 is 0 Å². The third-order valence-corrected chi connectivity index (χ3v) is 4.22. The smallest absolute Gasteiger partial charge is 0.346 e. The molecule has 2 aliphatic heterocycles. The van der Waals surface area contributed by atoms with Crippen LogP contribution in [-0.4, -0.2) is 29.4 Å². The highest BCUT2D eigenvalue weighted by atomic mass is 16.5. The molecule has 0 aromatic heterocycles. The predicted octanol–water partition coefficient (Wildman–Crippen LogP) is 1.62. The molecule has 1 atom stereocenters. The number of hydrogen-bond donors (Lipinski definition) is 1. The minimum atomic E-state index is -0.576. The number of hydrogen-bond acceptors (Lipinski definition) is 3. The molecule has 98 valence electrons. The van der Waals surface area contributed by atoms with Crippen molar-refractivity contribution >= 4 is 11.9 Å². The fourth-order valence-corrected chi connectivity index (χ4v) is 3.23. The standard InChI is InChI=1S/C14H15N3O2/c15-12-14(17(9-5-6-9)13(18)16-12)7-8-19-11-4-2-1-3-10(11)14/h1-4,9H,5-8H2,(H2,15,16,18). The number of aliphatic imine (C=N–C) groups is 1. The number of carbonyl (C=O) groups excluding carboxylic acids is 1. The molecular formula is C14H15N3O2. The highest BCUT2D eigenvalue weighted by molar-refractivity contribution is 6.07. The van der Waals surface area contributed by atoms with Gasteiger partial charge in [0, 0.05) is 18.0 Å². The van der Waals surface area contributed by atoms with Crippen LogP contribution >= 0.6 is 0 Å². The Kier molecular flexibility index (Phi) is 2.00. The van der Waals surface area contributed by atoms with Gasteiger partial charge in [-0.15, -0.1) is 0 Å². The van der Waals surface area contributed by atoms with Crippen LogP contribution in [0.2, 0.25) is 0 Å². The molecule has 5 nitrogen and oxygen atoms in total. The monoisotopic (exact) mass is 257 g/mol. The Morgan fingerprint density at radius 2 is 2.16 bits per heavy atom. The van der Waals surface area contributed by atoms with Crippen LogP contribution in [0.1, 0.15) is 24.8 Å². The second-order valence-electron chi connectivity index (χ2n) is 5.34. The summed E-state index contributed by atoms with van der Waals surface area (Å²) in [5.41, 5.74) is 6.53. The van der Waals surface area contributed by atoms with Crippen molar-refractivity contribution in [2.45, 2.75) is 30.8 Å². The summed E-state index contributed by atoms with van der Waals surface area (Å²) in [6.45, 7) is 0.559. The molecule has 1 aliphatic carbocycles. The summed E-state index contributed by atoms with van der Waals surface area (Å²) in [4.78, 5) is 18.1. The van der Waals surface area contributed by atoms with Crippen LogP contribution in [0.5, 0.6) is 5.75 Å². The minimum Gasteiger partial charge on any atom is -0.493 e. The average molecular weight is 257 g/mol. The average Bonchev–Trinajstić information content (AvgIpc) is 3.20. The molecule has 3 aliphatic rings. The number of amides is 2. The maximum atomic E-state index is 12.2. The van der Waals surface area contributed by atoms with E-state index in [1.807, 2.05) is 29.2 Å². The molecule has 2 heterocycles. The number of para-hydroxylation sites is 1. The van der Waals surface area contributed by atoms with E-state index in [0.717, 1.165) is 24.2 Å². The zero-order chi connectivity index (χ0) is 13.0. The van der Waals surface area contributed by atoms with Crippen LogP contribution in [-0.2, 0) is 5.54 Å². The van der Waals surface area contributed by atoms with E-state index in [4.69, 9.17) is 10.5 Å². The molecular weight excluding hydrogens is 242 g/mol. The van der Waals surface area contributed by atoms with Gasteiger partial charge in [0.2, 0.25) is 0 Å². The van der Waals surface area contributed by atoms with Gasteiger partial charge in [0.1, 0.15) is 17.1 Å². The Labute approximate surface area is 111 Å². The summed E-state index contributed by atoms with van der Waals surface area (Å²) in [5.74, 6) is 1.23. The lowest BCUT2D eigenvalue weighted by molar-refractivity contribution is 0.124. The first-order valence-electron chi connectivity index (χ1n) is 6.64. The van der Waals surface area contributed by atoms with Crippen LogP contribution < -0.4 is 10.5 Å². The van der Waals surface area contributed by atoms with Gasteiger partial charge < -0.3 is 15.4 Å². The number of urea groups is 1. The van der Waals surface area contributed by atoms with E-state index in [-0.39, 0.29) is 12.1 Å². The second kappa shape index (κ2) is 3.50. The lowest BCUT2D eigenvalue weighted by atomic mass is 9.82. The number of nitrogens with zero attached hydrogens (tertiary/aromatic N) is 2. The zero-order valence-corrected chi connectivity index (χ0v) is 10.5. The maximum Gasteiger partial charge on any atom is 0.346 e. The normalized spacial score (nSPS) is 29.2. The van der Waals surface area contributed by atoms with Crippen LogP contribution in [0.4, 0.5) is 4.79 Å². The van der Waals surface area contributed by atoms with Gasteiger partial charge in [-0.1, -0.05) is 18.2 Å². The summed E-state index contributed by atoms with van der Waals surface area (Å²) in [6.07, 6.45) is 2.76. The molecule has 2 amide bonds. The third-order valence-electron chi connectivity index (χ3n) is 4.22. The predicted molar refractivity (Wildman–Crippen MR) is 70.1 cm³/mol. The molecule has 1 spiro atoms. The SMILES string of the molecule is NC1=NC(=O)N(C2CC2)C12CCOc1ccccc12. The maximum absolute atomic E-state index is 12.2. The van der Waals surface area contributed by atoms with E-state index in [1.165, 1.54) is 0 Å². The first-order valence-corrected chi connectivity index (χ1v) is 6.64. The summed E-state index contributed by atoms with van der Waals surface area (Å²) < 4.78 is 5.69. The third kappa shape index (κ3) is 1.30. The van der Waals surface area contributed by atoms with Gasteiger partial charge in [-0.3, -0.25) is 0 Å². The van der Waals surface area contributed by atoms with Crippen molar-refractivity contribution < 1.29 is 9.53 Å². The summed E-state index contributed by atoms with van der Waals surface area (Å²) in [6, 6.07) is 7.89. The zero-order valence-electron chi connectivity index (χ0n) is 10.5. The second-order valence-corrected chi connectivity index (χ2v) is 5.34. The van der Waals surface area contributed by atoms with Gasteiger partial charge in [0.25, 0.3) is 0 Å². The summed E-state index contributed by atoms with van der Waals surface area (Å²) in [5, 5.41) is 0. The number of carbonyl (C=O) groups is 1. The molecule has 1 aromatic carbocycles. The van der Waals surface area contributed by atoms with Crippen molar-refractivity contribution in [3.63, 3.8) is 0 Å². The Morgan fingerprint density at radius 1 is 1.37 bits per heavy atom. The molecule has 2 N–H and O–H groups in total. The molecule has 1 unspecified atom stereocenters. The van der Waals surface area contributed by atoms with Gasteiger partial charge in [-0.25, -0.2) is 4.79 Å². The Morgan fingerprint density at radius 3 is 2.95 bits per heavy atom. The van der Waals surface area contributed by atoms with E-state index in [9.17, 15) is 4.79 Å². The first-order chi connectivity index (χ1) is 9.23. The van der Waals surface area contributed by atoms with Crippen LogP contribution in [0.15, 0.2) is 29.3 Å². The molecule has 1 aromatic rings. The van der Waals surface area contributed by atoms with Gasteiger partial charge in [-0.05, 0) is 18.9 Å². The number of amidine groups is 1. The van der Waals surface area contributed by atoms with Gasteiger partial charge >= 0.3 is 6.03 Å². The molecule has 4 rings (SSSR count). The molecule has 1 fully saturated rings. The summed E-state index contributed by atoms with van der Waals surface area (Å²) in [7, 11) is 0. The van der Waals surface area contributed by atoms with E-state index in [1.54, 1.807) is 0 Å². The number of benzene rings is 1. The first kappa shape index (κ1) is 10.8. The topological polar surface area (TPSA) is 67.9 Å². The fraction of sp³-hybridized carbons (Fsp3) is 0.429. The van der Waals surface area contributed by atoms with Crippen LogP contribution in [0, 0.1) is 0 Å². The summed E-state index contributed by atoms with van der Waals surface area (Å²) >= 11 is 0. The quantitative estimate of drug-likeness (QED) is 0.831. The lowest BCUT2D eigenvalue weighted by Crippen LogP contribution is -2.54. The van der Waals surface area contributed by atoms with Gasteiger partial charge in [0.15, 0.2) is 0 Å². The Bertz CT molecular complexity index is 594. The molecule has 1 saturated carbocycles. The van der Waals surface area contributed by atoms with Crippen molar-refractivity contribution in [3.05, 3.63) is 29.8 Å². The Balaban J connectivity index is 1.93. The highest BCUT2D eigenvalue weighted by Crippen LogP contribution is 2.48. The lowest BCUT2D eigenvalue weighted by Gasteiger charge is -2.42. The molecule has 0 bridgehead atoms. The van der Waals surface area contributed by atoms with Crippen molar-refractivity contribution in [1.82, 2.24) is 4.90 Å². The molecule has 0 radical (unpaired) electrons. The van der Waals surface area contributed by atoms with Gasteiger partial charge in [-0.2, -0.15) is 4.99 Å². The van der Waals surface area contributed by atoms with Crippen molar-refractivity contribution in [2.75, 3.05) is 6.61 Å². The number of rotatable bonds is 1. The number of fused-ring (bicyclic) bond motifs is 2. The molecule has 0 saturated heterocycles. The molecule has 19 heavy (non-hydrogen) atoms. The molecule has 5 heteroatoms. The number of nitrogens with two attached hydrogens (primary N) is 1. The largest absolute Gasteiger partial charge is 0.493 e. The van der Waals surface area contributed by atoms with Crippen LogP contribution in [0.25, 0.3) is 0 Å². The van der Waals surface area contributed by atoms with Crippen molar-refractivity contribution in [3.8, 4) is 5.75 Å². The van der Waals surface area contributed by atoms with E-state index in [2.05, 4.69) is 4.99 Å². The van der Waals surface area contributed by atoms with E-state index in [0.29, 0.717) is 18.9 Å². The van der Waals surface area contributed by atoms with Crippen molar-refractivity contribution in [1.29, 1.82) is 0 Å².